The van der Waals surface area contributed by atoms with Gasteiger partial charge in [0.1, 0.15) is 22.3 Å². The maximum Gasteiger partial charge on any atom is 0.266 e. The third-order valence-electron chi connectivity index (χ3n) is 5.30. The van der Waals surface area contributed by atoms with E-state index in [9.17, 15) is 24.0 Å². The van der Waals surface area contributed by atoms with Crippen molar-refractivity contribution in [2.75, 3.05) is 13.2 Å². The van der Waals surface area contributed by atoms with E-state index < -0.39 is 29.7 Å². The molecular weight excluding hydrogens is 450 g/mol. The van der Waals surface area contributed by atoms with Crippen molar-refractivity contribution in [3.8, 4) is 5.75 Å². The zero-order chi connectivity index (χ0) is 23.4. The van der Waals surface area contributed by atoms with Crippen LogP contribution in [0, 0.1) is 0 Å². The SMILES string of the molecule is O=C(CCCOc1cccc2c1C(=O)N(C1CCC(=O)NC1=O)C2=O)NCCc1nncs1. The minimum Gasteiger partial charge on any atom is -0.493 e. The first-order valence-electron chi connectivity index (χ1n) is 10.4. The molecule has 1 aromatic carbocycles. The summed E-state index contributed by atoms with van der Waals surface area (Å²) in [5, 5.41) is 13.5. The van der Waals surface area contributed by atoms with Crippen LogP contribution in [-0.4, -0.2) is 63.8 Å². The molecule has 1 unspecified atom stereocenters. The topological polar surface area (TPSA) is 148 Å². The van der Waals surface area contributed by atoms with Crippen LogP contribution in [0.25, 0.3) is 0 Å². The zero-order valence-electron chi connectivity index (χ0n) is 17.5. The number of hydrogen-bond acceptors (Lipinski definition) is 9. The average Bonchev–Trinajstić information content (AvgIpc) is 3.39. The highest BCUT2D eigenvalue weighted by Crippen LogP contribution is 2.33. The molecule has 33 heavy (non-hydrogen) atoms. The molecule has 1 atom stereocenters. The molecule has 5 amide bonds. The van der Waals surface area contributed by atoms with Crippen LogP contribution in [0.1, 0.15) is 51.4 Å². The van der Waals surface area contributed by atoms with Crippen molar-refractivity contribution in [2.45, 2.75) is 38.1 Å². The molecule has 12 heteroatoms. The smallest absolute Gasteiger partial charge is 0.266 e. The van der Waals surface area contributed by atoms with Crippen LogP contribution in [0.3, 0.4) is 0 Å². The van der Waals surface area contributed by atoms with Crippen LogP contribution >= 0.6 is 11.3 Å². The Bertz CT molecular complexity index is 1100. The van der Waals surface area contributed by atoms with Crippen LogP contribution in [0.5, 0.6) is 5.75 Å². The van der Waals surface area contributed by atoms with Crippen LogP contribution in [0.15, 0.2) is 23.7 Å². The summed E-state index contributed by atoms with van der Waals surface area (Å²) in [6.07, 6.45) is 1.40. The molecule has 0 aliphatic carbocycles. The van der Waals surface area contributed by atoms with Gasteiger partial charge < -0.3 is 10.1 Å². The van der Waals surface area contributed by atoms with Gasteiger partial charge in [-0.3, -0.25) is 34.2 Å². The lowest BCUT2D eigenvalue weighted by Gasteiger charge is -2.27. The molecule has 3 heterocycles. The van der Waals surface area contributed by atoms with Gasteiger partial charge in [-0.25, -0.2) is 0 Å². The quantitative estimate of drug-likeness (QED) is 0.396. The van der Waals surface area contributed by atoms with Gasteiger partial charge in [-0.2, -0.15) is 0 Å². The number of benzene rings is 1. The Kier molecular flexibility index (Phi) is 6.73. The Balaban J connectivity index is 1.31. The van der Waals surface area contributed by atoms with E-state index in [1.807, 2.05) is 0 Å². The number of carbonyl (C=O) groups excluding carboxylic acids is 5. The van der Waals surface area contributed by atoms with Gasteiger partial charge >= 0.3 is 0 Å². The van der Waals surface area contributed by atoms with E-state index >= 15 is 0 Å². The van der Waals surface area contributed by atoms with Crippen molar-refractivity contribution in [3.05, 3.63) is 39.8 Å². The monoisotopic (exact) mass is 471 g/mol. The predicted octanol–water partition coefficient (Wildman–Crippen LogP) is 0.457. The maximum absolute atomic E-state index is 13.0. The lowest BCUT2D eigenvalue weighted by molar-refractivity contribution is -0.136. The Morgan fingerprint density at radius 1 is 1.24 bits per heavy atom. The van der Waals surface area contributed by atoms with Gasteiger partial charge in [0.25, 0.3) is 11.8 Å². The molecular formula is C21H21N5O6S. The lowest BCUT2D eigenvalue weighted by Crippen LogP contribution is -2.54. The lowest BCUT2D eigenvalue weighted by atomic mass is 10.0. The van der Waals surface area contributed by atoms with Gasteiger partial charge in [-0.05, 0) is 25.0 Å². The molecule has 0 radical (unpaired) electrons. The van der Waals surface area contributed by atoms with E-state index in [0.717, 1.165) is 9.91 Å². The molecule has 172 valence electrons. The summed E-state index contributed by atoms with van der Waals surface area (Å²) in [4.78, 5) is 62.3. The van der Waals surface area contributed by atoms with Crippen molar-refractivity contribution in [3.63, 3.8) is 0 Å². The highest BCUT2D eigenvalue weighted by atomic mass is 32.1. The average molecular weight is 471 g/mol. The Hall–Kier alpha value is -3.67. The molecule has 0 bridgehead atoms. The largest absolute Gasteiger partial charge is 0.493 e. The van der Waals surface area contributed by atoms with E-state index in [0.29, 0.717) is 19.4 Å². The van der Waals surface area contributed by atoms with Crippen molar-refractivity contribution < 1.29 is 28.7 Å². The fourth-order valence-corrected chi connectivity index (χ4v) is 4.25. The Labute approximate surface area is 192 Å². The standard InChI is InChI=1S/C21H21N5O6S/c27-15(22-9-8-17-25-23-11-33-17)5-2-10-32-14-4-1-3-12-18(14)21(31)26(20(12)30)13-6-7-16(28)24-19(13)29/h1,3-4,11,13H,2,5-10H2,(H,22,27)(H,24,28,29). The summed E-state index contributed by atoms with van der Waals surface area (Å²) in [6.45, 7) is 0.633. The van der Waals surface area contributed by atoms with Gasteiger partial charge in [-0.1, -0.05) is 6.07 Å². The van der Waals surface area contributed by atoms with E-state index in [-0.39, 0.29) is 48.7 Å². The van der Waals surface area contributed by atoms with Gasteiger partial charge in [0, 0.05) is 25.8 Å². The molecule has 2 aromatic rings. The number of hydrogen-bond donors (Lipinski definition) is 2. The molecule has 1 saturated heterocycles. The number of nitrogens with one attached hydrogen (secondary N) is 2. The number of amides is 5. The van der Waals surface area contributed by atoms with Gasteiger partial charge in [0.15, 0.2) is 0 Å². The molecule has 2 aliphatic rings. The number of piperidine rings is 1. The number of carbonyl (C=O) groups is 5. The second-order valence-corrected chi connectivity index (χ2v) is 8.43. The normalized spacial score (nSPS) is 17.7. The van der Waals surface area contributed by atoms with Gasteiger partial charge in [0.2, 0.25) is 17.7 Å². The van der Waals surface area contributed by atoms with Crippen LogP contribution in [-0.2, 0) is 20.8 Å². The first-order valence-corrected chi connectivity index (χ1v) is 11.3. The number of nitrogens with zero attached hydrogens (tertiary/aromatic N) is 3. The van der Waals surface area contributed by atoms with Crippen LogP contribution in [0.4, 0.5) is 0 Å². The highest BCUT2D eigenvalue weighted by molar-refractivity contribution is 7.09. The molecule has 1 fully saturated rings. The minimum atomic E-state index is -1.04. The van der Waals surface area contributed by atoms with Crippen molar-refractivity contribution in [1.29, 1.82) is 0 Å². The van der Waals surface area contributed by atoms with Gasteiger partial charge in [0.05, 0.1) is 17.7 Å². The molecule has 1 aromatic heterocycles. The van der Waals surface area contributed by atoms with E-state index in [1.165, 1.54) is 17.4 Å². The summed E-state index contributed by atoms with van der Waals surface area (Å²) in [6, 6.07) is 3.62. The number of ether oxygens (including phenoxy) is 1. The second kappa shape index (κ2) is 9.86. The second-order valence-electron chi connectivity index (χ2n) is 7.51. The molecule has 4 rings (SSSR count). The first kappa shape index (κ1) is 22.5. The first-order chi connectivity index (χ1) is 16.0. The number of rotatable bonds is 9. The minimum absolute atomic E-state index is 0.0515. The van der Waals surface area contributed by atoms with E-state index in [2.05, 4.69) is 20.8 Å². The molecule has 2 N–H and O–H groups in total. The maximum atomic E-state index is 13.0. The molecule has 0 saturated carbocycles. The summed E-state index contributed by atoms with van der Waals surface area (Å²) < 4.78 is 5.71. The third-order valence-corrected chi connectivity index (χ3v) is 6.06. The van der Waals surface area contributed by atoms with Gasteiger partial charge in [-0.15, -0.1) is 21.5 Å². The summed E-state index contributed by atoms with van der Waals surface area (Å²) >= 11 is 1.43. The molecule has 11 nitrogen and oxygen atoms in total. The van der Waals surface area contributed by atoms with Crippen LogP contribution < -0.4 is 15.4 Å². The molecule has 2 aliphatic heterocycles. The summed E-state index contributed by atoms with van der Waals surface area (Å²) in [5.74, 6) is -2.23. The highest BCUT2D eigenvalue weighted by Gasteiger charge is 2.45. The number of fused-ring (bicyclic) bond motifs is 1. The molecule has 0 spiro atoms. The van der Waals surface area contributed by atoms with Crippen molar-refractivity contribution >= 4 is 40.9 Å². The van der Waals surface area contributed by atoms with Crippen molar-refractivity contribution in [1.82, 2.24) is 25.7 Å². The number of aromatic nitrogens is 2. The summed E-state index contributed by atoms with van der Waals surface area (Å²) in [7, 11) is 0. The summed E-state index contributed by atoms with van der Waals surface area (Å²) in [5.41, 5.74) is 1.88. The van der Waals surface area contributed by atoms with E-state index in [4.69, 9.17) is 4.74 Å². The fourth-order valence-electron chi connectivity index (χ4n) is 3.72. The predicted molar refractivity (Wildman–Crippen MR) is 114 cm³/mol. The Morgan fingerprint density at radius 3 is 2.85 bits per heavy atom. The zero-order valence-corrected chi connectivity index (χ0v) is 18.4. The Morgan fingerprint density at radius 2 is 2.09 bits per heavy atom. The third kappa shape index (κ3) is 4.90. The fraction of sp³-hybridized carbons (Fsp3) is 0.381. The van der Waals surface area contributed by atoms with Crippen LogP contribution in [0.2, 0.25) is 0 Å². The van der Waals surface area contributed by atoms with Crippen molar-refractivity contribution in [2.24, 2.45) is 0 Å². The van der Waals surface area contributed by atoms with E-state index in [1.54, 1.807) is 17.6 Å². The number of imide groups is 2.